The van der Waals surface area contributed by atoms with Gasteiger partial charge < -0.3 is 14.8 Å². The highest BCUT2D eigenvalue weighted by Crippen LogP contribution is 2.20. The fourth-order valence-corrected chi connectivity index (χ4v) is 1.75. The first-order valence-electron chi connectivity index (χ1n) is 5.83. The molecular formula is C14H16FNO2. The summed E-state index contributed by atoms with van der Waals surface area (Å²) < 4.78 is 18.5. The van der Waals surface area contributed by atoms with Crippen LogP contribution in [-0.4, -0.2) is 5.11 Å². The molecule has 0 saturated carbocycles. The molecule has 0 aliphatic heterocycles. The third-order valence-electron chi connectivity index (χ3n) is 2.83. The first-order valence-corrected chi connectivity index (χ1v) is 5.83. The van der Waals surface area contributed by atoms with Crippen LogP contribution in [0.4, 0.5) is 4.39 Å². The Morgan fingerprint density at radius 2 is 2.11 bits per heavy atom. The van der Waals surface area contributed by atoms with Crippen molar-refractivity contribution in [2.45, 2.75) is 26.4 Å². The van der Waals surface area contributed by atoms with E-state index in [1.165, 1.54) is 18.2 Å². The van der Waals surface area contributed by atoms with E-state index < -0.39 is 0 Å². The summed E-state index contributed by atoms with van der Waals surface area (Å²) in [5.74, 6) is 1.41. The monoisotopic (exact) mass is 249 g/mol. The molecule has 1 aromatic carbocycles. The number of aryl methyl sites for hydroxylation is 1. The Morgan fingerprint density at radius 3 is 2.78 bits per heavy atom. The standard InChI is InChI=1S/C14H16FNO2/c1-9-3-6-14(18-9)10(2)16-8-11-7-12(15)4-5-13(11)17/h3-7,10,16-17H,8H2,1-2H3. The topological polar surface area (TPSA) is 45.4 Å². The van der Waals surface area contributed by atoms with Gasteiger partial charge in [0, 0.05) is 12.1 Å². The smallest absolute Gasteiger partial charge is 0.123 e. The van der Waals surface area contributed by atoms with Crippen LogP contribution >= 0.6 is 0 Å². The lowest BCUT2D eigenvalue weighted by Gasteiger charge is -2.12. The molecule has 4 heteroatoms. The number of rotatable bonds is 4. The summed E-state index contributed by atoms with van der Waals surface area (Å²) in [6, 6.07) is 7.71. The van der Waals surface area contributed by atoms with Gasteiger partial charge in [-0.3, -0.25) is 0 Å². The molecule has 18 heavy (non-hydrogen) atoms. The zero-order valence-electron chi connectivity index (χ0n) is 10.4. The molecule has 0 fully saturated rings. The summed E-state index contributed by atoms with van der Waals surface area (Å²) in [7, 11) is 0. The number of nitrogens with one attached hydrogen (secondary N) is 1. The van der Waals surface area contributed by atoms with E-state index >= 15 is 0 Å². The SMILES string of the molecule is Cc1ccc(C(C)NCc2cc(F)ccc2O)o1. The molecule has 2 N–H and O–H groups in total. The Labute approximate surface area is 105 Å². The molecule has 0 aliphatic carbocycles. The van der Waals surface area contributed by atoms with Crippen LogP contribution in [0.5, 0.6) is 5.75 Å². The average molecular weight is 249 g/mol. The Bertz CT molecular complexity index is 536. The molecule has 1 heterocycles. The van der Waals surface area contributed by atoms with E-state index in [2.05, 4.69) is 5.32 Å². The molecule has 96 valence electrons. The molecule has 2 aromatic rings. The Kier molecular flexibility index (Phi) is 3.67. The maximum Gasteiger partial charge on any atom is 0.123 e. The van der Waals surface area contributed by atoms with Gasteiger partial charge in [0.15, 0.2) is 0 Å². The van der Waals surface area contributed by atoms with Crippen molar-refractivity contribution < 1.29 is 13.9 Å². The normalized spacial score (nSPS) is 12.6. The van der Waals surface area contributed by atoms with Crippen LogP contribution in [0.1, 0.15) is 30.0 Å². The van der Waals surface area contributed by atoms with Gasteiger partial charge in [-0.25, -0.2) is 4.39 Å². The van der Waals surface area contributed by atoms with Gasteiger partial charge >= 0.3 is 0 Å². The van der Waals surface area contributed by atoms with Gasteiger partial charge in [-0.2, -0.15) is 0 Å². The first-order chi connectivity index (χ1) is 8.56. The quantitative estimate of drug-likeness (QED) is 0.874. The molecule has 0 saturated heterocycles. The Balaban J connectivity index is 2.01. The second kappa shape index (κ2) is 5.23. The van der Waals surface area contributed by atoms with Gasteiger partial charge in [0.25, 0.3) is 0 Å². The lowest BCUT2D eigenvalue weighted by atomic mass is 10.1. The van der Waals surface area contributed by atoms with Gasteiger partial charge in [0.05, 0.1) is 6.04 Å². The van der Waals surface area contributed by atoms with E-state index in [1.807, 2.05) is 26.0 Å². The van der Waals surface area contributed by atoms with Crippen molar-refractivity contribution >= 4 is 0 Å². The molecule has 0 bridgehead atoms. The van der Waals surface area contributed by atoms with Crippen molar-refractivity contribution in [1.82, 2.24) is 5.32 Å². The molecule has 2 rings (SSSR count). The van der Waals surface area contributed by atoms with Gasteiger partial charge in [-0.15, -0.1) is 0 Å². The number of hydrogen-bond acceptors (Lipinski definition) is 3. The van der Waals surface area contributed by atoms with Crippen LogP contribution in [0.3, 0.4) is 0 Å². The number of hydrogen-bond donors (Lipinski definition) is 2. The minimum Gasteiger partial charge on any atom is -0.508 e. The van der Waals surface area contributed by atoms with Crippen LogP contribution in [0.15, 0.2) is 34.7 Å². The Hall–Kier alpha value is -1.81. The fraction of sp³-hybridized carbons (Fsp3) is 0.286. The number of phenolic OH excluding ortho intramolecular Hbond substituents is 1. The summed E-state index contributed by atoms with van der Waals surface area (Å²) in [5, 5.41) is 12.8. The number of aromatic hydroxyl groups is 1. The third kappa shape index (κ3) is 2.90. The highest BCUT2D eigenvalue weighted by molar-refractivity contribution is 5.32. The van der Waals surface area contributed by atoms with E-state index in [9.17, 15) is 9.50 Å². The average Bonchev–Trinajstić information content (AvgIpc) is 2.77. The number of phenols is 1. The predicted molar refractivity (Wildman–Crippen MR) is 66.8 cm³/mol. The van der Waals surface area contributed by atoms with Gasteiger partial charge in [-0.1, -0.05) is 0 Å². The molecule has 0 aliphatic rings. The molecule has 1 aromatic heterocycles. The molecule has 0 spiro atoms. The van der Waals surface area contributed by atoms with Crippen molar-refractivity contribution in [1.29, 1.82) is 0 Å². The predicted octanol–water partition coefficient (Wildman–Crippen LogP) is 3.28. The van der Waals surface area contributed by atoms with Crippen molar-refractivity contribution in [3.8, 4) is 5.75 Å². The summed E-state index contributed by atoms with van der Waals surface area (Å²) in [6.07, 6.45) is 0. The lowest BCUT2D eigenvalue weighted by molar-refractivity contribution is 0.409. The van der Waals surface area contributed by atoms with Gasteiger partial charge in [0.2, 0.25) is 0 Å². The van der Waals surface area contributed by atoms with E-state index in [0.717, 1.165) is 11.5 Å². The second-order valence-electron chi connectivity index (χ2n) is 4.32. The van der Waals surface area contributed by atoms with E-state index in [0.29, 0.717) is 12.1 Å². The second-order valence-corrected chi connectivity index (χ2v) is 4.32. The van der Waals surface area contributed by atoms with E-state index in [4.69, 9.17) is 4.42 Å². The molecule has 1 atom stereocenters. The minimum atomic E-state index is -0.355. The number of benzene rings is 1. The molecule has 0 radical (unpaired) electrons. The van der Waals surface area contributed by atoms with Crippen LogP contribution in [0.2, 0.25) is 0 Å². The van der Waals surface area contributed by atoms with Crippen molar-refractivity contribution in [2.24, 2.45) is 0 Å². The van der Waals surface area contributed by atoms with Crippen molar-refractivity contribution in [3.05, 3.63) is 53.2 Å². The third-order valence-corrected chi connectivity index (χ3v) is 2.83. The molecular weight excluding hydrogens is 233 g/mol. The van der Waals surface area contributed by atoms with Crippen LogP contribution in [-0.2, 0) is 6.54 Å². The zero-order valence-corrected chi connectivity index (χ0v) is 10.4. The van der Waals surface area contributed by atoms with E-state index in [-0.39, 0.29) is 17.6 Å². The van der Waals surface area contributed by atoms with Crippen LogP contribution in [0, 0.1) is 12.7 Å². The number of halogens is 1. The highest BCUT2D eigenvalue weighted by Gasteiger charge is 2.10. The molecule has 3 nitrogen and oxygen atoms in total. The summed E-state index contributed by atoms with van der Waals surface area (Å²) in [4.78, 5) is 0. The maximum atomic E-state index is 13.0. The van der Waals surface area contributed by atoms with Gasteiger partial charge in [-0.05, 0) is 44.2 Å². The summed E-state index contributed by atoms with van der Waals surface area (Å²) in [6.45, 7) is 4.22. The fourth-order valence-electron chi connectivity index (χ4n) is 1.75. The summed E-state index contributed by atoms with van der Waals surface area (Å²) >= 11 is 0. The number of furan rings is 1. The van der Waals surface area contributed by atoms with Crippen molar-refractivity contribution in [2.75, 3.05) is 0 Å². The zero-order chi connectivity index (χ0) is 13.1. The minimum absolute atomic E-state index is 0.00127. The van der Waals surface area contributed by atoms with Crippen LogP contribution < -0.4 is 5.32 Å². The highest BCUT2D eigenvalue weighted by atomic mass is 19.1. The van der Waals surface area contributed by atoms with Crippen LogP contribution in [0.25, 0.3) is 0 Å². The molecule has 1 unspecified atom stereocenters. The first kappa shape index (κ1) is 12.6. The Morgan fingerprint density at radius 1 is 1.33 bits per heavy atom. The summed E-state index contributed by atoms with van der Waals surface area (Å²) in [5.41, 5.74) is 0.533. The molecule has 0 amide bonds. The van der Waals surface area contributed by atoms with E-state index in [1.54, 1.807) is 0 Å². The largest absolute Gasteiger partial charge is 0.508 e. The maximum absolute atomic E-state index is 13.0. The lowest BCUT2D eigenvalue weighted by Crippen LogP contribution is -2.17. The van der Waals surface area contributed by atoms with Crippen molar-refractivity contribution in [3.63, 3.8) is 0 Å². The van der Waals surface area contributed by atoms with Gasteiger partial charge in [0.1, 0.15) is 23.1 Å².